The number of nitrogens with zero attached hydrogens (tertiary/aromatic N) is 1. The highest BCUT2D eigenvalue weighted by atomic mass is 16.3. The van der Waals surface area contributed by atoms with Gasteiger partial charge in [0.05, 0.1) is 0 Å². The largest absolute Gasteiger partial charge is 0.508 e. The van der Waals surface area contributed by atoms with Crippen LogP contribution in [0.2, 0.25) is 0 Å². The molecule has 1 aliphatic carbocycles. The molecule has 0 amide bonds. The molecule has 0 spiro atoms. The predicted octanol–water partition coefficient (Wildman–Crippen LogP) is 1.27. The van der Waals surface area contributed by atoms with Gasteiger partial charge in [-0.25, -0.2) is 0 Å². The molecule has 82 valence electrons. The molecule has 1 aliphatic rings. The summed E-state index contributed by atoms with van der Waals surface area (Å²) in [6.45, 7) is 1.58. The molecule has 3 N–H and O–H groups in total. The van der Waals surface area contributed by atoms with Crippen LogP contribution in [-0.2, 0) is 5.54 Å². The summed E-state index contributed by atoms with van der Waals surface area (Å²) in [5.74, 6) is 0.347. The minimum Gasteiger partial charge on any atom is -0.508 e. The average molecular weight is 206 g/mol. The first-order valence-corrected chi connectivity index (χ1v) is 5.40. The molecule has 1 aromatic rings. The Bertz CT molecular complexity index is 347. The number of phenolic OH excluding ortho intramolecular Hbond substituents is 1. The summed E-state index contributed by atoms with van der Waals surface area (Å²) >= 11 is 0. The van der Waals surface area contributed by atoms with Gasteiger partial charge in [0.1, 0.15) is 5.75 Å². The molecular weight excluding hydrogens is 188 g/mol. The van der Waals surface area contributed by atoms with Crippen molar-refractivity contribution in [3.05, 3.63) is 29.8 Å². The Morgan fingerprint density at radius 2 is 2.20 bits per heavy atom. The van der Waals surface area contributed by atoms with Gasteiger partial charge in [-0.1, -0.05) is 12.1 Å². The SMILES string of the molecule is CN(CCN)C1(c2cccc(O)c2)CC1. The third-order valence-corrected chi connectivity index (χ3v) is 3.30. The molecule has 1 fully saturated rings. The highest BCUT2D eigenvalue weighted by Crippen LogP contribution is 2.50. The van der Waals surface area contributed by atoms with Crippen LogP contribution in [0.4, 0.5) is 0 Å². The molecule has 3 nitrogen and oxygen atoms in total. The third kappa shape index (κ3) is 1.85. The summed E-state index contributed by atoms with van der Waals surface area (Å²) < 4.78 is 0. The van der Waals surface area contributed by atoms with Crippen molar-refractivity contribution >= 4 is 0 Å². The molecule has 0 aromatic heterocycles. The van der Waals surface area contributed by atoms with Crippen LogP contribution in [0.15, 0.2) is 24.3 Å². The lowest BCUT2D eigenvalue weighted by Gasteiger charge is -2.28. The minimum atomic E-state index is 0.137. The van der Waals surface area contributed by atoms with Crippen molar-refractivity contribution in [3.8, 4) is 5.75 Å². The summed E-state index contributed by atoms with van der Waals surface area (Å²) in [5, 5.41) is 9.47. The standard InChI is InChI=1S/C12H18N2O/c1-14(8-7-13)12(5-6-12)10-3-2-4-11(15)9-10/h2-4,9,15H,5-8,13H2,1H3. The van der Waals surface area contributed by atoms with Gasteiger partial charge in [0.2, 0.25) is 0 Å². The maximum atomic E-state index is 9.47. The second-order valence-corrected chi connectivity index (χ2v) is 4.29. The number of hydrogen-bond donors (Lipinski definition) is 2. The highest BCUT2D eigenvalue weighted by molar-refractivity contribution is 5.36. The molecule has 0 saturated heterocycles. The van der Waals surface area contributed by atoms with Crippen LogP contribution in [0.1, 0.15) is 18.4 Å². The molecular formula is C12H18N2O. The van der Waals surface area contributed by atoms with E-state index in [1.807, 2.05) is 12.1 Å². The minimum absolute atomic E-state index is 0.137. The van der Waals surface area contributed by atoms with Gasteiger partial charge in [-0.3, -0.25) is 4.90 Å². The first kappa shape index (κ1) is 10.5. The third-order valence-electron chi connectivity index (χ3n) is 3.30. The number of rotatable bonds is 4. The van der Waals surface area contributed by atoms with Crippen molar-refractivity contribution in [2.24, 2.45) is 5.73 Å². The van der Waals surface area contributed by atoms with Crippen LogP contribution in [0.5, 0.6) is 5.75 Å². The number of hydrogen-bond acceptors (Lipinski definition) is 3. The Balaban J connectivity index is 2.22. The number of nitrogens with two attached hydrogens (primary N) is 1. The van der Waals surface area contributed by atoms with Crippen LogP contribution < -0.4 is 5.73 Å². The molecule has 2 rings (SSSR count). The Labute approximate surface area is 90.5 Å². The lowest BCUT2D eigenvalue weighted by atomic mass is 10.0. The van der Waals surface area contributed by atoms with E-state index in [1.54, 1.807) is 6.07 Å². The topological polar surface area (TPSA) is 49.5 Å². The van der Waals surface area contributed by atoms with Crippen molar-refractivity contribution in [2.45, 2.75) is 18.4 Å². The maximum Gasteiger partial charge on any atom is 0.115 e. The van der Waals surface area contributed by atoms with Gasteiger partial charge >= 0.3 is 0 Å². The molecule has 3 heteroatoms. The fraction of sp³-hybridized carbons (Fsp3) is 0.500. The van der Waals surface area contributed by atoms with Gasteiger partial charge in [-0.15, -0.1) is 0 Å². The Morgan fingerprint density at radius 3 is 2.73 bits per heavy atom. The predicted molar refractivity (Wildman–Crippen MR) is 60.7 cm³/mol. The second kappa shape index (κ2) is 3.83. The van der Waals surface area contributed by atoms with Gasteiger partial charge in [-0.2, -0.15) is 0 Å². The first-order chi connectivity index (χ1) is 7.19. The first-order valence-electron chi connectivity index (χ1n) is 5.40. The van der Waals surface area contributed by atoms with Gasteiger partial charge in [0.15, 0.2) is 0 Å². The van der Waals surface area contributed by atoms with Crippen molar-refractivity contribution in [1.82, 2.24) is 4.90 Å². The van der Waals surface area contributed by atoms with E-state index < -0.39 is 0 Å². The molecule has 0 heterocycles. The molecule has 0 unspecified atom stereocenters. The van der Waals surface area contributed by atoms with Crippen molar-refractivity contribution in [3.63, 3.8) is 0 Å². The zero-order valence-electron chi connectivity index (χ0n) is 9.11. The summed E-state index contributed by atoms with van der Waals surface area (Å²) in [6.07, 6.45) is 2.32. The number of benzene rings is 1. The van der Waals surface area contributed by atoms with Crippen molar-refractivity contribution < 1.29 is 5.11 Å². The fourth-order valence-electron chi connectivity index (χ4n) is 2.21. The summed E-state index contributed by atoms with van der Waals surface area (Å²) in [7, 11) is 2.10. The molecule has 0 radical (unpaired) electrons. The highest BCUT2D eigenvalue weighted by Gasteiger charge is 2.47. The smallest absolute Gasteiger partial charge is 0.115 e. The van der Waals surface area contributed by atoms with Crippen LogP contribution in [0, 0.1) is 0 Å². The number of aromatic hydroxyl groups is 1. The second-order valence-electron chi connectivity index (χ2n) is 4.29. The van der Waals surface area contributed by atoms with Gasteiger partial charge in [0, 0.05) is 18.6 Å². The van der Waals surface area contributed by atoms with Crippen LogP contribution >= 0.6 is 0 Å². The summed E-state index contributed by atoms with van der Waals surface area (Å²) in [4.78, 5) is 2.29. The van der Waals surface area contributed by atoms with Gasteiger partial charge in [-0.05, 0) is 37.6 Å². The molecule has 0 bridgehead atoms. The summed E-state index contributed by atoms with van der Waals surface area (Å²) in [6, 6.07) is 7.56. The lowest BCUT2D eigenvalue weighted by molar-refractivity contribution is 0.228. The normalized spacial score (nSPS) is 18.1. The Kier molecular flexibility index (Phi) is 2.67. The zero-order chi connectivity index (χ0) is 10.9. The molecule has 1 aromatic carbocycles. The molecule has 0 aliphatic heterocycles. The van der Waals surface area contributed by atoms with Gasteiger partial charge in [0.25, 0.3) is 0 Å². The Hall–Kier alpha value is -1.06. The van der Waals surface area contributed by atoms with E-state index in [-0.39, 0.29) is 5.54 Å². The fourth-order valence-corrected chi connectivity index (χ4v) is 2.21. The van der Waals surface area contributed by atoms with E-state index in [1.165, 1.54) is 5.56 Å². The zero-order valence-corrected chi connectivity index (χ0v) is 9.11. The van der Waals surface area contributed by atoms with E-state index in [4.69, 9.17) is 5.73 Å². The van der Waals surface area contributed by atoms with Crippen LogP contribution in [-0.4, -0.2) is 30.1 Å². The quantitative estimate of drug-likeness (QED) is 0.780. The molecule has 15 heavy (non-hydrogen) atoms. The van der Waals surface area contributed by atoms with E-state index in [0.29, 0.717) is 12.3 Å². The van der Waals surface area contributed by atoms with E-state index in [0.717, 1.165) is 19.4 Å². The lowest BCUT2D eigenvalue weighted by Crippen LogP contribution is -2.35. The van der Waals surface area contributed by atoms with E-state index in [9.17, 15) is 5.11 Å². The van der Waals surface area contributed by atoms with Crippen LogP contribution in [0.25, 0.3) is 0 Å². The number of phenols is 1. The van der Waals surface area contributed by atoms with Crippen LogP contribution in [0.3, 0.4) is 0 Å². The summed E-state index contributed by atoms with van der Waals surface area (Å²) in [5.41, 5.74) is 6.91. The van der Waals surface area contributed by atoms with E-state index >= 15 is 0 Å². The van der Waals surface area contributed by atoms with Crippen molar-refractivity contribution in [2.75, 3.05) is 20.1 Å². The average Bonchev–Trinajstić information content (AvgIpc) is 2.99. The van der Waals surface area contributed by atoms with Crippen molar-refractivity contribution in [1.29, 1.82) is 0 Å². The molecule has 0 atom stereocenters. The molecule has 1 saturated carbocycles. The Morgan fingerprint density at radius 1 is 1.47 bits per heavy atom. The maximum absolute atomic E-state index is 9.47. The monoisotopic (exact) mass is 206 g/mol. The number of likely N-dealkylation sites (N-methyl/N-ethyl adjacent to an activating group) is 1. The van der Waals surface area contributed by atoms with E-state index in [2.05, 4.69) is 18.0 Å². The van der Waals surface area contributed by atoms with Gasteiger partial charge < -0.3 is 10.8 Å².